The van der Waals surface area contributed by atoms with Crippen molar-refractivity contribution < 1.29 is 8.42 Å². The monoisotopic (exact) mass is 573 g/mol. The largest absolute Gasteiger partial charge is 0.382 e. The fourth-order valence-corrected chi connectivity index (χ4v) is 4.91. The van der Waals surface area contributed by atoms with E-state index in [9.17, 15) is 13.2 Å². The van der Waals surface area contributed by atoms with Gasteiger partial charge in [0.1, 0.15) is 11.6 Å². The van der Waals surface area contributed by atoms with Crippen molar-refractivity contribution in [2.24, 2.45) is 5.84 Å². The van der Waals surface area contributed by atoms with Crippen LogP contribution in [0.25, 0.3) is 28.3 Å². The maximum absolute atomic E-state index is 13.8. The summed E-state index contributed by atoms with van der Waals surface area (Å²) in [5, 5.41) is 9.75. The maximum Gasteiger partial charge on any atom is 0.263 e. The molecule has 2 aromatic heterocycles. The number of rotatable bonds is 6. The van der Waals surface area contributed by atoms with E-state index in [0.717, 1.165) is 11.8 Å². The lowest BCUT2D eigenvalue weighted by Gasteiger charge is -2.23. The van der Waals surface area contributed by atoms with Gasteiger partial charge >= 0.3 is 0 Å². The Balaban J connectivity index is 1.68. The molecule has 0 bridgehead atoms. The Bertz CT molecular complexity index is 1870. The molecule has 12 heteroatoms. The van der Waals surface area contributed by atoms with Crippen LogP contribution in [0.3, 0.4) is 0 Å². The van der Waals surface area contributed by atoms with E-state index in [4.69, 9.17) is 28.2 Å². The van der Waals surface area contributed by atoms with Gasteiger partial charge in [-0.05, 0) is 61.5 Å². The van der Waals surface area contributed by atoms with Crippen LogP contribution in [0.15, 0.2) is 94.6 Å². The number of anilines is 3. The van der Waals surface area contributed by atoms with Crippen LogP contribution in [-0.2, 0) is 9.84 Å². The second kappa shape index (κ2) is 10.5. The van der Waals surface area contributed by atoms with Crippen molar-refractivity contribution in [3.8, 4) is 28.3 Å². The standard InChI is InChI=1S/C28H24ClN7O3S/c1-17-26(36(31)22-4-3-5-23(16-22)40(2,38)39)32-27(35(28(17)37)21-12-10-20(29)11-13-21)19-8-6-18(7-9-19)24-14-15-25(30)34-33-24/h3-16H,31H2,1-2H3,(H2,30,34). The smallest absolute Gasteiger partial charge is 0.263 e. The molecule has 0 aliphatic heterocycles. The number of hydrogen-bond donors (Lipinski definition) is 2. The van der Waals surface area contributed by atoms with E-state index in [2.05, 4.69) is 10.2 Å². The number of hydrogen-bond acceptors (Lipinski definition) is 9. The number of hydrazine groups is 1. The Kier molecular flexibility index (Phi) is 7.11. The molecule has 0 atom stereocenters. The first kappa shape index (κ1) is 27.0. The van der Waals surface area contributed by atoms with Gasteiger partial charge in [0.25, 0.3) is 5.56 Å². The quantitative estimate of drug-likeness (QED) is 0.223. The van der Waals surface area contributed by atoms with Crippen molar-refractivity contribution in [3.05, 3.63) is 106 Å². The third-order valence-electron chi connectivity index (χ3n) is 6.24. The number of nitrogens with zero attached hydrogens (tertiary/aromatic N) is 5. The minimum Gasteiger partial charge on any atom is -0.382 e. The highest BCUT2D eigenvalue weighted by atomic mass is 35.5. The average Bonchev–Trinajstić information content (AvgIpc) is 2.95. The summed E-state index contributed by atoms with van der Waals surface area (Å²) >= 11 is 6.10. The maximum atomic E-state index is 13.8. The molecule has 0 aliphatic carbocycles. The van der Waals surface area contributed by atoms with Crippen LogP contribution in [-0.4, -0.2) is 34.4 Å². The summed E-state index contributed by atoms with van der Waals surface area (Å²) in [7, 11) is -3.48. The first-order valence-electron chi connectivity index (χ1n) is 12.0. The van der Waals surface area contributed by atoms with Crippen molar-refractivity contribution in [1.29, 1.82) is 0 Å². The predicted octanol–water partition coefficient (Wildman–Crippen LogP) is 4.32. The summed E-state index contributed by atoms with van der Waals surface area (Å²) in [6.45, 7) is 1.62. The lowest BCUT2D eigenvalue weighted by atomic mass is 10.1. The highest BCUT2D eigenvalue weighted by molar-refractivity contribution is 7.90. The van der Waals surface area contributed by atoms with E-state index >= 15 is 0 Å². The second-order valence-corrected chi connectivity index (χ2v) is 11.5. The van der Waals surface area contributed by atoms with Crippen LogP contribution in [0.1, 0.15) is 5.56 Å². The third-order valence-corrected chi connectivity index (χ3v) is 7.61. The van der Waals surface area contributed by atoms with Crippen molar-refractivity contribution in [3.63, 3.8) is 0 Å². The Morgan fingerprint density at radius 2 is 1.57 bits per heavy atom. The zero-order chi connectivity index (χ0) is 28.6. The minimum atomic E-state index is -3.48. The van der Waals surface area contributed by atoms with Crippen molar-refractivity contribution >= 4 is 38.8 Å². The number of nitrogens with two attached hydrogens (primary N) is 2. The molecule has 2 heterocycles. The number of benzene rings is 3. The van der Waals surface area contributed by atoms with E-state index in [-0.39, 0.29) is 21.8 Å². The van der Waals surface area contributed by atoms with Gasteiger partial charge in [0.15, 0.2) is 15.7 Å². The molecule has 0 spiro atoms. The summed E-state index contributed by atoms with van der Waals surface area (Å²) in [4.78, 5) is 18.7. The zero-order valence-electron chi connectivity index (χ0n) is 21.5. The normalized spacial score (nSPS) is 11.4. The molecule has 0 amide bonds. The van der Waals surface area contributed by atoms with Gasteiger partial charge in [0, 0.05) is 22.4 Å². The fourth-order valence-electron chi connectivity index (χ4n) is 4.12. The van der Waals surface area contributed by atoms with Crippen LogP contribution in [0.2, 0.25) is 5.02 Å². The van der Waals surface area contributed by atoms with Gasteiger partial charge < -0.3 is 5.73 Å². The van der Waals surface area contributed by atoms with Gasteiger partial charge in [0.2, 0.25) is 0 Å². The summed E-state index contributed by atoms with van der Waals surface area (Å²) < 4.78 is 25.7. The molecule has 0 radical (unpaired) electrons. The van der Waals surface area contributed by atoms with Gasteiger partial charge in [-0.15, -0.1) is 10.2 Å². The lowest BCUT2D eigenvalue weighted by molar-refractivity contribution is 0.602. The van der Waals surface area contributed by atoms with E-state index in [1.165, 1.54) is 21.7 Å². The molecule has 0 saturated heterocycles. The molecule has 202 valence electrons. The van der Waals surface area contributed by atoms with E-state index in [0.29, 0.717) is 39.3 Å². The van der Waals surface area contributed by atoms with Crippen LogP contribution in [0.4, 0.5) is 17.3 Å². The molecule has 5 aromatic rings. The highest BCUT2D eigenvalue weighted by Gasteiger charge is 2.21. The van der Waals surface area contributed by atoms with Crippen LogP contribution < -0.4 is 22.1 Å². The molecule has 5 rings (SSSR count). The Hall–Kier alpha value is -4.58. The summed E-state index contributed by atoms with van der Waals surface area (Å²) in [5.41, 5.74) is 8.52. The number of halogens is 1. The topological polar surface area (TPSA) is 150 Å². The first-order chi connectivity index (χ1) is 19.0. The average molecular weight is 574 g/mol. The summed E-state index contributed by atoms with van der Waals surface area (Å²) in [6.07, 6.45) is 1.11. The fraction of sp³-hybridized carbons (Fsp3) is 0.0714. The molecule has 0 fully saturated rings. The van der Waals surface area contributed by atoms with Crippen LogP contribution in [0, 0.1) is 6.92 Å². The molecule has 0 aliphatic rings. The molecule has 4 N–H and O–H groups in total. The zero-order valence-corrected chi connectivity index (χ0v) is 23.1. The number of aromatic nitrogens is 4. The predicted molar refractivity (Wildman–Crippen MR) is 156 cm³/mol. The molecule has 0 saturated carbocycles. The minimum absolute atomic E-state index is 0.0918. The highest BCUT2D eigenvalue weighted by Crippen LogP contribution is 2.30. The Morgan fingerprint density at radius 1 is 0.900 bits per heavy atom. The van der Waals surface area contributed by atoms with E-state index in [1.807, 2.05) is 24.3 Å². The number of nitrogen functional groups attached to an aromatic ring is 1. The van der Waals surface area contributed by atoms with Crippen molar-refractivity contribution in [2.45, 2.75) is 11.8 Å². The van der Waals surface area contributed by atoms with Crippen molar-refractivity contribution in [2.75, 3.05) is 17.0 Å². The van der Waals surface area contributed by atoms with Gasteiger partial charge in [-0.3, -0.25) is 14.4 Å². The molecule has 0 unspecified atom stereocenters. The molecule has 10 nitrogen and oxygen atoms in total. The van der Waals surface area contributed by atoms with Crippen LogP contribution in [0.5, 0.6) is 0 Å². The first-order valence-corrected chi connectivity index (χ1v) is 14.2. The van der Waals surface area contributed by atoms with Crippen LogP contribution >= 0.6 is 11.6 Å². The third kappa shape index (κ3) is 5.30. The van der Waals surface area contributed by atoms with Gasteiger partial charge in [0.05, 0.1) is 27.5 Å². The Labute approximate surface area is 235 Å². The lowest BCUT2D eigenvalue weighted by Crippen LogP contribution is -2.32. The van der Waals surface area contributed by atoms with Gasteiger partial charge in [-0.1, -0.05) is 41.9 Å². The van der Waals surface area contributed by atoms with E-state index < -0.39 is 9.84 Å². The Morgan fingerprint density at radius 3 is 2.20 bits per heavy atom. The summed E-state index contributed by atoms with van der Waals surface area (Å²) in [5.74, 6) is 7.26. The molecular formula is C28H24ClN7O3S. The van der Waals surface area contributed by atoms with E-state index in [1.54, 1.807) is 55.5 Å². The summed E-state index contributed by atoms with van der Waals surface area (Å²) in [6, 6.07) is 23.7. The van der Waals surface area contributed by atoms with Gasteiger partial charge in [-0.25, -0.2) is 19.2 Å². The van der Waals surface area contributed by atoms with Crippen molar-refractivity contribution in [1.82, 2.24) is 19.7 Å². The molecule has 3 aromatic carbocycles. The number of sulfone groups is 1. The second-order valence-electron chi connectivity index (χ2n) is 9.06. The molecule has 40 heavy (non-hydrogen) atoms. The van der Waals surface area contributed by atoms with Gasteiger partial charge in [-0.2, -0.15) is 0 Å². The molecular weight excluding hydrogens is 550 g/mol. The SMILES string of the molecule is Cc1c(N(N)c2cccc(S(C)(=O)=O)c2)nc(-c2ccc(-c3ccc(N)nn3)cc2)n(-c2ccc(Cl)cc2)c1=O.